The van der Waals surface area contributed by atoms with Crippen molar-refractivity contribution in [1.82, 2.24) is 9.97 Å². The predicted octanol–water partition coefficient (Wildman–Crippen LogP) is 2.01. The van der Waals surface area contributed by atoms with Crippen molar-refractivity contribution >= 4 is 32.4 Å². The fraction of sp³-hybridized carbons (Fsp3) is 0. The molecule has 106 valence electrons. The molecule has 3 aromatic rings. The van der Waals surface area contributed by atoms with Crippen molar-refractivity contribution in [2.75, 3.05) is 10.5 Å². The van der Waals surface area contributed by atoms with Crippen LogP contribution in [0.3, 0.4) is 0 Å². The van der Waals surface area contributed by atoms with Gasteiger partial charge in [0.25, 0.3) is 10.0 Å². The van der Waals surface area contributed by atoms with Crippen molar-refractivity contribution in [3.63, 3.8) is 0 Å². The summed E-state index contributed by atoms with van der Waals surface area (Å²) in [5.74, 6) is 0.148. The van der Waals surface area contributed by atoms with E-state index >= 15 is 0 Å². The van der Waals surface area contributed by atoms with Gasteiger partial charge in [0.1, 0.15) is 5.82 Å². The second kappa shape index (κ2) is 5.02. The van der Waals surface area contributed by atoms with Gasteiger partial charge in [-0.05, 0) is 18.2 Å². The number of nitrogens with two attached hydrogens (primary N) is 1. The zero-order valence-electron chi connectivity index (χ0n) is 10.9. The topological polar surface area (TPSA) is 98.0 Å². The molecular weight excluding hydrogens is 288 g/mol. The average molecular weight is 300 g/mol. The number of nitrogens with one attached hydrogen (secondary N) is 1. The van der Waals surface area contributed by atoms with Crippen LogP contribution in [0, 0.1) is 0 Å². The van der Waals surface area contributed by atoms with Crippen LogP contribution in [0.5, 0.6) is 0 Å². The number of hydrogen-bond donors (Lipinski definition) is 2. The summed E-state index contributed by atoms with van der Waals surface area (Å²) in [6, 6.07) is 11.9. The molecule has 0 amide bonds. The third-order valence-electron chi connectivity index (χ3n) is 2.91. The third-order valence-corrected chi connectivity index (χ3v) is 4.28. The van der Waals surface area contributed by atoms with Gasteiger partial charge < -0.3 is 5.73 Å². The van der Waals surface area contributed by atoms with Gasteiger partial charge in [0, 0.05) is 17.6 Å². The summed E-state index contributed by atoms with van der Waals surface area (Å²) in [6.07, 6.45) is 2.83. The Bertz CT molecular complexity index is 910. The first-order valence-corrected chi connectivity index (χ1v) is 7.62. The number of aromatic nitrogens is 2. The van der Waals surface area contributed by atoms with Crippen molar-refractivity contribution in [3.05, 3.63) is 54.9 Å². The second-order valence-corrected chi connectivity index (χ2v) is 6.12. The van der Waals surface area contributed by atoms with E-state index in [4.69, 9.17) is 5.73 Å². The highest BCUT2D eigenvalue weighted by atomic mass is 32.2. The zero-order valence-corrected chi connectivity index (χ0v) is 11.7. The summed E-state index contributed by atoms with van der Waals surface area (Å²) in [7, 11) is -3.71. The second-order valence-electron chi connectivity index (χ2n) is 4.44. The number of nitrogens with zero attached hydrogens (tertiary/aromatic N) is 2. The van der Waals surface area contributed by atoms with Crippen LogP contribution < -0.4 is 10.5 Å². The molecule has 0 bridgehead atoms. The molecule has 0 fully saturated rings. The summed E-state index contributed by atoms with van der Waals surface area (Å²) >= 11 is 0. The molecule has 0 saturated heterocycles. The van der Waals surface area contributed by atoms with Crippen molar-refractivity contribution in [2.24, 2.45) is 0 Å². The Kier molecular flexibility index (Phi) is 3.19. The molecule has 2 aromatic heterocycles. The molecule has 21 heavy (non-hydrogen) atoms. The van der Waals surface area contributed by atoms with Crippen LogP contribution in [0.25, 0.3) is 10.9 Å². The monoisotopic (exact) mass is 300 g/mol. The molecule has 3 rings (SSSR count). The Balaban J connectivity index is 1.97. The maximum absolute atomic E-state index is 12.3. The van der Waals surface area contributed by atoms with Crippen molar-refractivity contribution in [3.8, 4) is 0 Å². The van der Waals surface area contributed by atoms with Gasteiger partial charge in [0.05, 0.1) is 22.3 Å². The highest BCUT2D eigenvalue weighted by Crippen LogP contribution is 2.20. The lowest BCUT2D eigenvalue weighted by atomic mass is 10.2. The van der Waals surface area contributed by atoms with Gasteiger partial charge in [-0.3, -0.25) is 9.71 Å². The van der Waals surface area contributed by atoms with E-state index in [0.717, 1.165) is 10.9 Å². The SMILES string of the molecule is Nc1cc(S(=O)(=O)Nc2cnc3ccccc3c2)ccn1. The lowest BCUT2D eigenvalue weighted by Gasteiger charge is -2.08. The van der Waals surface area contributed by atoms with Crippen LogP contribution in [0.1, 0.15) is 0 Å². The molecule has 0 aliphatic carbocycles. The molecular formula is C14H12N4O2S. The predicted molar refractivity (Wildman–Crippen MR) is 81.2 cm³/mol. The molecule has 0 aliphatic heterocycles. The van der Waals surface area contributed by atoms with Crippen LogP contribution in [-0.2, 0) is 10.0 Å². The lowest BCUT2D eigenvalue weighted by Crippen LogP contribution is -2.13. The van der Waals surface area contributed by atoms with E-state index in [0.29, 0.717) is 5.69 Å². The molecule has 0 radical (unpaired) electrons. The average Bonchev–Trinajstić information content (AvgIpc) is 2.47. The lowest BCUT2D eigenvalue weighted by molar-refractivity contribution is 0.601. The molecule has 1 aromatic carbocycles. The molecule has 0 unspecified atom stereocenters. The minimum Gasteiger partial charge on any atom is -0.384 e. The van der Waals surface area contributed by atoms with E-state index in [-0.39, 0.29) is 10.7 Å². The molecule has 0 spiro atoms. The molecule has 3 N–H and O–H groups in total. The summed E-state index contributed by atoms with van der Waals surface area (Å²) < 4.78 is 27.0. The third kappa shape index (κ3) is 2.77. The molecule has 0 saturated carbocycles. The Morgan fingerprint density at radius 3 is 2.67 bits per heavy atom. The molecule has 0 atom stereocenters. The first-order chi connectivity index (χ1) is 10.0. The van der Waals surface area contributed by atoms with Gasteiger partial charge in [-0.1, -0.05) is 18.2 Å². The Morgan fingerprint density at radius 1 is 1.05 bits per heavy atom. The number of anilines is 2. The number of hydrogen-bond acceptors (Lipinski definition) is 5. The van der Waals surface area contributed by atoms with E-state index in [1.54, 1.807) is 6.07 Å². The van der Waals surface area contributed by atoms with Gasteiger partial charge in [0.15, 0.2) is 0 Å². The fourth-order valence-corrected chi connectivity index (χ4v) is 2.99. The quantitative estimate of drug-likeness (QED) is 0.771. The van der Waals surface area contributed by atoms with Crippen molar-refractivity contribution in [1.29, 1.82) is 0 Å². The van der Waals surface area contributed by atoms with E-state index < -0.39 is 10.0 Å². The maximum Gasteiger partial charge on any atom is 0.262 e. The number of nitrogen functional groups attached to an aromatic ring is 1. The molecule has 7 heteroatoms. The maximum atomic E-state index is 12.3. The smallest absolute Gasteiger partial charge is 0.262 e. The Hall–Kier alpha value is -2.67. The number of benzene rings is 1. The first kappa shape index (κ1) is 13.3. The number of pyridine rings is 2. The standard InChI is InChI=1S/C14H12N4O2S/c15-14-8-12(5-6-16-14)21(19,20)18-11-7-10-3-1-2-4-13(10)17-9-11/h1-9,18H,(H2,15,16). The molecule has 6 nitrogen and oxygen atoms in total. The largest absolute Gasteiger partial charge is 0.384 e. The number of sulfonamides is 1. The van der Waals surface area contributed by atoms with E-state index in [2.05, 4.69) is 14.7 Å². The minimum absolute atomic E-state index is 0.0585. The number of para-hydroxylation sites is 1. The van der Waals surface area contributed by atoms with Crippen molar-refractivity contribution in [2.45, 2.75) is 4.90 Å². The van der Waals surface area contributed by atoms with E-state index in [1.807, 2.05) is 24.3 Å². The summed E-state index contributed by atoms with van der Waals surface area (Å²) in [5.41, 5.74) is 6.70. The van der Waals surface area contributed by atoms with Crippen LogP contribution in [0.2, 0.25) is 0 Å². The minimum atomic E-state index is -3.71. The molecule has 0 aliphatic rings. The van der Waals surface area contributed by atoms with Crippen LogP contribution in [0.15, 0.2) is 59.8 Å². The summed E-state index contributed by atoms with van der Waals surface area (Å²) in [4.78, 5) is 8.05. The van der Waals surface area contributed by atoms with E-state index in [9.17, 15) is 8.42 Å². The van der Waals surface area contributed by atoms with Gasteiger partial charge in [0.2, 0.25) is 0 Å². The Labute approximate surface area is 121 Å². The number of fused-ring (bicyclic) bond motifs is 1. The van der Waals surface area contributed by atoms with Gasteiger partial charge >= 0.3 is 0 Å². The van der Waals surface area contributed by atoms with Crippen molar-refractivity contribution < 1.29 is 8.42 Å². The normalized spacial score (nSPS) is 11.4. The fourth-order valence-electron chi connectivity index (χ4n) is 1.94. The van der Waals surface area contributed by atoms with Crippen LogP contribution in [-0.4, -0.2) is 18.4 Å². The van der Waals surface area contributed by atoms with Crippen LogP contribution >= 0.6 is 0 Å². The number of rotatable bonds is 3. The zero-order chi connectivity index (χ0) is 14.9. The first-order valence-electron chi connectivity index (χ1n) is 6.14. The highest BCUT2D eigenvalue weighted by molar-refractivity contribution is 7.92. The van der Waals surface area contributed by atoms with Gasteiger partial charge in [-0.15, -0.1) is 0 Å². The van der Waals surface area contributed by atoms with Gasteiger partial charge in [-0.25, -0.2) is 13.4 Å². The van der Waals surface area contributed by atoms with E-state index in [1.165, 1.54) is 24.5 Å². The highest BCUT2D eigenvalue weighted by Gasteiger charge is 2.15. The summed E-state index contributed by atoms with van der Waals surface area (Å²) in [5, 5.41) is 0.854. The van der Waals surface area contributed by atoms with Gasteiger partial charge in [-0.2, -0.15) is 0 Å². The summed E-state index contributed by atoms with van der Waals surface area (Å²) in [6.45, 7) is 0. The Morgan fingerprint density at radius 2 is 1.86 bits per heavy atom. The molecule has 2 heterocycles. The van der Waals surface area contributed by atoms with Crippen LogP contribution in [0.4, 0.5) is 11.5 Å².